The third-order valence-corrected chi connectivity index (χ3v) is 11.3. The molecule has 0 fully saturated rings. The second kappa shape index (κ2) is 15.5. The zero-order valence-corrected chi connectivity index (χ0v) is 32.0. The largest absolute Gasteiger partial charge is 0.512 e. The molecule has 1 N–H and O–H groups in total. The van der Waals surface area contributed by atoms with Gasteiger partial charge in [-0.25, -0.2) is 4.98 Å². The molecule has 5 nitrogen and oxygen atoms in total. The summed E-state index contributed by atoms with van der Waals surface area (Å²) in [5, 5.41) is 14.9. The molecule has 0 aliphatic rings. The number of hydrogen-bond acceptors (Lipinski definition) is 4. The minimum Gasteiger partial charge on any atom is -0.512 e. The smallest absolute Gasteiger partial charge is 0.162 e. The summed E-state index contributed by atoms with van der Waals surface area (Å²) in [7, 11) is -1.32. The van der Waals surface area contributed by atoms with Crippen LogP contribution in [0.3, 0.4) is 0 Å². The van der Waals surface area contributed by atoms with Crippen molar-refractivity contribution in [3.8, 4) is 22.5 Å². The van der Waals surface area contributed by atoms with Gasteiger partial charge in [0.25, 0.3) is 0 Å². The Labute approximate surface area is 293 Å². The number of rotatable bonds is 10. The summed E-state index contributed by atoms with van der Waals surface area (Å²) in [5.74, 6) is 0.547. The van der Waals surface area contributed by atoms with Crippen LogP contribution in [0.15, 0.2) is 91.0 Å². The van der Waals surface area contributed by atoms with E-state index in [0.717, 1.165) is 48.2 Å². The van der Waals surface area contributed by atoms with Gasteiger partial charge in [0.15, 0.2) is 5.78 Å². The Morgan fingerprint density at radius 3 is 2.04 bits per heavy atom. The van der Waals surface area contributed by atoms with E-state index < -0.39 is 8.07 Å². The summed E-state index contributed by atoms with van der Waals surface area (Å²) in [6, 6.07) is 25.9. The third kappa shape index (κ3) is 7.59. The van der Waals surface area contributed by atoms with Crippen LogP contribution in [0.2, 0.25) is 19.6 Å². The van der Waals surface area contributed by atoms with Crippen LogP contribution in [-0.2, 0) is 24.9 Å². The van der Waals surface area contributed by atoms with Crippen molar-refractivity contribution in [1.82, 2.24) is 14.4 Å². The Bertz CT molecular complexity index is 1970. The minimum atomic E-state index is -1.32. The fourth-order valence-electron chi connectivity index (χ4n) is 6.28. The van der Waals surface area contributed by atoms with E-state index in [0.29, 0.717) is 0 Å². The molecule has 0 amide bonds. The van der Waals surface area contributed by atoms with Gasteiger partial charge in [-0.1, -0.05) is 130 Å². The summed E-state index contributed by atoms with van der Waals surface area (Å²) >= 11 is 0. The van der Waals surface area contributed by atoms with E-state index in [1.165, 1.54) is 38.5 Å². The first kappa shape index (κ1) is 36.2. The number of hydrogen-bond donors (Lipinski definition) is 1. The maximum Gasteiger partial charge on any atom is 0.162 e. The summed E-state index contributed by atoms with van der Waals surface area (Å²) < 4.78 is 2.18. The molecule has 0 spiro atoms. The monoisotopic (exact) mass is 821 g/mol. The number of carbonyl (C=O) groups excluding carboxylic acids is 1. The third-order valence-electron chi connectivity index (χ3n) is 9.24. The van der Waals surface area contributed by atoms with Crippen molar-refractivity contribution < 1.29 is 30.0 Å². The van der Waals surface area contributed by atoms with E-state index >= 15 is 0 Å². The molecule has 0 atom stereocenters. The van der Waals surface area contributed by atoms with E-state index in [4.69, 9.17) is 0 Å². The molecule has 6 rings (SSSR count). The Balaban J connectivity index is 0.000000269. The molecule has 47 heavy (non-hydrogen) atoms. The van der Waals surface area contributed by atoms with Crippen molar-refractivity contribution in [3.05, 3.63) is 97.2 Å². The molecule has 0 saturated heterocycles. The van der Waals surface area contributed by atoms with Crippen molar-refractivity contribution in [2.45, 2.75) is 73.0 Å². The first-order chi connectivity index (χ1) is 22.1. The van der Waals surface area contributed by atoms with Gasteiger partial charge >= 0.3 is 0 Å². The van der Waals surface area contributed by atoms with Crippen LogP contribution >= 0.6 is 0 Å². The van der Waals surface area contributed by atoms with Crippen molar-refractivity contribution >= 4 is 46.2 Å². The van der Waals surface area contributed by atoms with Gasteiger partial charge in [0.2, 0.25) is 0 Å². The van der Waals surface area contributed by atoms with E-state index in [-0.39, 0.29) is 43.5 Å². The van der Waals surface area contributed by atoms with E-state index in [9.17, 15) is 9.90 Å². The molecule has 3 heterocycles. The van der Waals surface area contributed by atoms with Crippen LogP contribution < -0.4 is 5.19 Å². The zero-order valence-electron chi connectivity index (χ0n) is 28.6. The van der Waals surface area contributed by atoms with Gasteiger partial charge in [-0.15, -0.1) is 0 Å². The van der Waals surface area contributed by atoms with Crippen molar-refractivity contribution in [1.29, 1.82) is 0 Å². The number of fused-ring (bicyclic) bond motifs is 3. The first-order valence-corrected chi connectivity index (χ1v) is 20.1. The molecule has 0 aliphatic carbocycles. The Morgan fingerprint density at radius 1 is 0.809 bits per heavy atom. The second-order valence-corrected chi connectivity index (χ2v) is 18.2. The molecule has 6 aromatic rings. The number of carbonyl (C=O) groups is 1. The number of ketones is 1. The summed E-state index contributed by atoms with van der Waals surface area (Å²) in [4.78, 5) is 20.9. The molecular formula is C40H46IrN3O2Si-. The van der Waals surface area contributed by atoms with E-state index in [1.54, 1.807) is 6.33 Å². The number of allylic oxidation sites excluding steroid dienone is 2. The van der Waals surface area contributed by atoms with Crippen molar-refractivity contribution in [2.24, 2.45) is 11.8 Å². The standard InChI is InChI=1S/C27H22N3Si.C13H24O2.Ir/c1-31(2,3)19-13-11-18(12-14-19)24-15-25(29-17-28-24)23-16-30-26-10-5-4-7-20(26)21-8-6-9-22(23)27(21)30;1-5-10(6-2)12(14)9-13(15)11(7-3)8-4;/h4-15,17H,1-3H3;9-11,14H,5-8H2,1-4H3;/q-1;;/b;12-9-;. The molecule has 3 aromatic heterocycles. The number of aliphatic hydroxyl groups excluding tert-OH is 1. The normalized spacial score (nSPS) is 12.1. The van der Waals surface area contributed by atoms with Gasteiger partial charge in [-0.05, 0) is 65.3 Å². The van der Waals surface area contributed by atoms with Gasteiger partial charge in [-0.3, -0.25) is 9.78 Å². The molecule has 0 aliphatic heterocycles. The maximum absolute atomic E-state index is 11.7. The second-order valence-electron chi connectivity index (χ2n) is 13.2. The van der Waals surface area contributed by atoms with E-state index in [2.05, 4.69) is 113 Å². The van der Waals surface area contributed by atoms with Gasteiger partial charge < -0.3 is 9.51 Å². The summed E-state index contributed by atoms with van der Waals surface area (Å²) in [5.41, 5.74) is 6.37. The van der Waals surface area contributed by atoms with Crippen molar-refractivity contribution in [3.63, 3.8) is 0 Å². The predicted molar refractivity (Wildman–Crippen MR) is 196 cm³/mol. The molecule has 1 radical (unpaired) electrons. The predicted octanol–water partition coefficient (Wildman–Crippen LogP) is 10.0. The number of para-hydroxylation sites is 2. The Morgan fingerprint density at radius 2 is 1.40 bits per heavy atom. The van der Waals surface area contributed by atoms with Crippen LogP contribution in [0.1, 0.15) is 53.4 Å². The summed E-state index contributed by atoms with van der Waals surface area (Å²) in [6.45, 7) is 15.2. The SMILES string of the molecule is CCC(CC)C(=O)/C=C(\O)C(CC)CC.C[Si](C)(C)c1ccc(-c2cc(-c3[c-]n4c5ccccc5c5cccc3c54)ncn2)cc1.[Ir]. The van der Waals surface area contributed by atoms with Gasteiger partial charge in [0.05, 0.1) is 19.5 Å². The fourth-order valence-corrected chi connectivity index (χ4v) is 7.44. The molecule has 0 saturated carbocycles. The van der Waals surface area contributed by atoms with Gasteiger partial charge in [0, 0.05) is 43.7 Å². The molecule has 3 aromatic carbocycles. The van der Waals surface area contributed by atoms with Crippen molar-refractivity contribution in [2.75, 3.05) is 0 Å². The maximum atomic E-state index is 11.7. The molecule has 0 unspecified atom stereocenters. The number of aromatic nitrogens is 3. The zero-order chi connectivity index (χ0) is 33.0. The number of aliphatic hydroxyl groups is 1. The first-order valence-electron chi connectivity index (χ1n) is 16.6. The molecule has 247 valence electrons. The fraction of sp³-hybridized carbons (Fsp3) is 0.325. The average Bonchev–Trinajstić information content (AvgIpc) is 3.61. The van der Waals surface area contributed by atoms with Crippen LogP contribution in [0.5, 0.6) is 0 Å². The van der Waals surface area contributed by atoms with Gasteiger partial charge in [-0.2, -0.15) is 0 Å². The molecular weight excluding hydrogens is 775 g/mol. The molecule has 7 heteroatoms. The Kier molecular flexibility index (Phi) is 11.9. The molecule has 0 bridgehead atoms. The van der Waals surface area contributed by atoms with Crippen LogP contribution in [0.4, 0.5) is 0 Å². The van der Waals surface area contributed by atoms with E-state index in [1.807, 2.05) is 27.7 Å². The van der Waals surface area contributed by atoms with Crippen LogP contribution in [0.25, 0.3) is 49.7 Å². The average molecular weight is 821 g/mol. The summed E-state index contributed by atoms with van der Waals surface area (Å²) in [6.07, 6.45) is 10.2. The topological polar surface area (TPSA) is 67.5 Å². The van der Waals surface area contributed by atoms with Crippen LogP contribution in [0, 0.1) is 18.0 Å². The quantitative estimate of drug-likeness (QED) is 0.0647. The minimum absolute atomic E-state index is 0. The number of benzene rings is 3. The van der Waals surface area contributed by atoms with Crippen LogP contribution in [-0.4, -0.2) is 33.3 Å². The van der Waals surface area contributed by atoms with Gasteiger partial charge in [0.1, 0.15) is 6.33 Å². The number of nitrogens with zero attached hydrogens (tertiary/aromatic N) is 3. The Hall–Kier alpha value is -3.64.